The number of hydrogen-bond acceptors (Lipinski definition) is 6. The van der Waals surface area contributed by atoms with Crippen LogP contribution in [0.5, 0.6) is 0 Å². The zero-order chi connectivity index (χ0) is 32.7. The average molecular weight is 605 g/mol. The molecule has 0 spiro atoms. The van der Waals surface area contributed by atoms with Crippen LogP contribution in [0.4, 0.5) is 15.9 Å². The number of anilines is 2. The molecule has 44 heavy (non-hydrogen) atoms. The van der Waals surface area contributed by atoms with Crippen LogP contribution < -0.4 is 9.91 Å². The van der Waals surface area contributed by atoms with Gasteiger partial charge in [-0.15, -0.1) is 0 Å². The number of benzene rings is 1. The van der Waals surface area contributed by atoms with Gasteiger partial charge in [-0.3, -0.25) is 14.5 Å². The molecule has 3 aliphatic rings. The second-order valence-corrected chi connectivity index (χ2v) is 10.8. The second kappa shape index (κ2) is 15.1. The van der Waals surface area contributed by atoms with Crippen LogP contribution in [0.1, 0.15) is 67.9 Å². The van der Waals surface area contributed by atoms with Gasteiger partial charge in [0.25, 0.3) is 0 Å². The van der Waals surface area contributed by atoms with Crippen molar-refractivity contribution in [2.45, 2.75) is 68.4 Å². The van der Waals surface area contributed by atoms with Crippen molar-refractivity contribution in [1.29, 1.82) is 0 Å². The Bertz CT molecular complexity index is 1500. The van der Waals surface area contributed by atoms with Crippen molar-refractivity contribution >= 4 is 34.1 Å². The van der Waals surface area contributed by atoms with Gasteiger partial charge in [0.15, 0.2) is 0 Å². The summed E-state index contributed by atoms with van der Waals surface area (Å²) in [5, 5.41) is 21.8. The highest BCUT2D eigenvalue weighted by molar-refractivity contribution is 6.21. The van der Waals surface area contributed by atoms with Crippen LogP contribution >= 0.6 is 0 Å². The first kappa shape index (κ1) is 34.5. The van der Waals surface area contributed by atoms with Crippen molar-refractivity contribution in [3.63, 3.8) is 0 Å². The van der Waals surface area contributed by atoms with Crippen LogP contribution in [0.15, 0.2) is 71.4 Å². The van der Waals surface area contributed by atoms with E-state index in [0.29, 0.717) is 0 Å². The number of carbonyl (C=O) groups is 1. The SMILES string of the molecule is CC.CC.CC.CC(C)/C(F)=C\C=C1\C(c2cccc3nn(C)cc23)=NN(c2ccc(N3CC4C(C3)C4C(=O)O)nc2)C1C. The Labute approximate surface area is 262 Å². The molecule has 238 valence electrons. The van der Waals surface area contributed by atoms with Crippen molar-refractivity contribution in [3.8, 4) is 0 Å². The monoisotopic (exact) mass is 604 g/mol. The number of fused-ring (bicyclic) bond motifs is 2. The summed E-state index contributed by atoms with van der Waals surface area (Å²) in [4.78, 5) is 18.2. The third-order valence-electron chi connectivity index (χ3n) is 7.99. The van der Waals surface area contributed by atoms with E-state index in [1.165, 1.54) is 0 Å². The number of rotatable bonds is 6. The van der Waals surface area contributed by atoms with Crippen molar-refractivity contribution < 1.29 is 14.3 Å². The van der Waals surface area contributed by atoms with Gasteiger partial charge in [0.1, 0.15) is 11.6 Å². The predicted octanol–water partition coefficient (Wildman–Crippen LogP) is 7.86. The minimum atomic E-state index is -0.686. The summed E-state index contributed by atoms with van der Waals surface area (Å²) in [5.41, 5.74) is 4.36. The van der Waals surface area contributed by atoms with E-state index >= 15 is 0 Å². The topological polar surface area (TPSA) is 86.9 Å². The fourth-order valence-electron chi connectivity index (χ4n) is 5.80. The second-order valence-electron chi connectivity index (χ2n) is 10.8. The molecule has 6 rings (SSSR count). The number of hydrogen-bond donors (Lipinski definition) is 1. The number of aromatic nitrogens is 3. The number of piperidine rings is 1. The highest BCUT2D eigenvalue weighted by Crippen LogP contribution is 2.52. The lowest BCUT2D eigenvalue weighted by atomic mass is 9.95. The van der Waals surface area contributed by atoms with E-state index in [1.807, 2.05) is 116 Å². The van der Waals surface area contributed by atoms with E-state index < -0.39 is 5.97 Å². The fraction of sp³-hybridized carbons (Fsp3) is 0.486. The maximum atomic E-state index is 14.5. The van der Waals surface area contributed by atoms with Crippen LogP contribution in [-0.4, -0.2) is 50.7 Å². The van der Waals surface area contributed by atoms with Gasteiger partial charge in [-0.1, -0.05) is 73.6 Å². The van der Waals surface area contributed by atoms with E-state index in [4.69, 9.17) is 10.1 Å². The molecule has 1 N–H and O–H groups in total. The van der Waals surface area contributed by atoms with E-state index in [2.05, 4.69) is 16.9 Å². The summed E-state index contributed by atoms with van der Waals surface area (Å²) < 4.78 is 16.3. The molecule has 3 unspecified atom stereocenters. The molecule has 2 aliphatic heterocycles. The fourth-order valence-corrected chi connectivity index (χ4v) is 5.80. The Hall–Kier alpha value is -4.01. The van der Waals surface area contributed by atoms with Gasteiger partial charge in [-0.25, -0.2) is 9.37 Å². The Morgan fingerprint density at radius 1 is 1.05 bits per heavy atom. The molecule has 1 aromatic carbocycles. The minimum Gasteiger partial charge on any atom is -0.481 e. The summed E-state index contributed by atoms with van der Waals surface area (Å²) in [5.74, 6) is 0.0343. The van der Waals surface area contributed by atoms with Crippen LogP contribution in [0, 0.1) is 23.7 Å². The van der Waals surface area contributed by atoms with E-state index in [0.717, 1.165) is 52.3 Å². The molecule has 1 aliphatic carbocycles. The van der Waals surface area contributed by atoms with Crippen LogP contribution in [0.2, 0.25) is 0 Å². The highest BCUT2D eigenvalue weighted by atomic mass is 19.1. The average Bonchev–Trinajstić information content (AvgIpc) is 3.31. The summed E-state index contributed by atoms with van der Waals surface area (Å²) in [6, 6.07) is 9.79. The molecule has 3 aromatic rings. The van der Waals surface area contributed by atoms with Gasteiger partial charge in [-0.2, -0.15) is 10.2 Å². The van der Waals surface area contributed by atoms with Gasteiger partial charge >= 0.3 is 5.97 Å². The lowest BCUT2D eigenvalue weighted by molar-refractivity contribution is -0.139. The molecular weight excluding hydrogens is 555 g/mol. The van der Waals surface area contributed by atoms with E-state index in [1.54, 1.807) is 10.8 Å². The van der Waals surface area contributed by atoms with E-state index in [9.17, 15) is 14.3 Å². The number of hydrazone groups is 1. The molecule has 0 amide bonds. The molecule has 2 aromatic heterocycles. The Balaban J connectivity index is 0.000000832. The highest BCUT2D eigenvalue weighted by Gasteiger charge is 2.60. The molecule has 2 fully saturated rings. The molecule has 8 nitrogen and oxygen atoms in total. The maximum Gasteiger partial charge on any atom is 0.307 e. The lowest BCUT2D eigenvalue weighted by Crippen LogP contribution is -2.27. The third-order valence-corrected chi connectivity index (χ3v) is 7.99. The number of halogens is 1. The van der Waals surface area contributed by atoms with Crippen molar-refractivity contribution in [1.82, 2.24) is 14.8 Å². The Morgan fingerprint density at radius 2 is 1.70 bits per heavy atom. The van der Waals surface area contributed by atoms with Gasteiger partial charge in [-0.05, 0) is 43.0 Å². The molecule has 4 heterocycles. The first-order chi connectivity index (χ1) is 21.2. The number of nitrogens with zero attached hydrogens (tertiary/aromatic N) is 6. The van der Waals surface area contributed by atoms with Gasteiger partial charge in [0.2, 0.25) is 0 Å². The predicted molar refractivity (Wildman–Crippen MR) is 180 cm³/mol. The quantitative estimate of drug-likeness (QED) is 0.308. The third kappa shape index (κ3) is 6.87. The normalized spacial score (nSPS) is 22.9. The molecular formula is C35H49FN6O2. The van der Waals surface area contributed by atoms with Crippen molar-refractivity contribution in [2.75, 3.05) is 23.0 Å². The summed E-state index contributed by atoms with van der Waals surface area (Å²) in [6.45, 7) is 19.2. The molecule has 1 saturated heterocycles. The van der Waals surface area contributed by atoms with Crippen LogP contribution in [-0.2, 0) is 11.8 Å². The molecule has 9 heteroatoms. The van der Waals surface area contributed by atoms with Crippen LogP contribution in [0.3, 0.4) is 0 Å². The van der Waals surface area contributed by atoms with Gasteiger partial charge < -0.3 is 10.0 Å². The largest absolute Gasteiger partial charge is 0.481 e. The summed E-state index contributed by atoms with van der Waals surface area (Å²) in [6.07, 6.45) is 7.17. The maximum absolute atomic E-state index is 14.5. The number of carboxylic acids is 1. The summed E-state index contributed by atoms with van der Waals surface area (Å²) in [7, 11) is 1.89. The minimum absolute atomic E-state index is 0.142. The zero-order valence-electron chi connectivity index (χ0n) is 27.9. The van der Waals surface area contributed by atoms with Gasteiger partial charge in [0.05, 0.1) is 35.1 Å². The standard InChI is InChI=1S/C29H31FN6O2.3C2H6/c1-16(2)24(30)10-9-19-17(3)36(33-28(19)20-6-5-7-25-21(20)13-34(4)32-25)18-8-11-26(31-12-18)35-14-22-23(15-35)27(22)29(37)38;3*1-2/h5-13,16-17,22-23,27H,14-15H2,1-4H3,(H,37,38);3*1-2H3/b19-9+,24-10+;;;. The molecule has 0 bridgehead atoms. The van der Waals surface area contributed by atoms with Crippen LogP contribution in [0.25, 0.3) is 10.9 Å². The molecule has 0 radical (unpaired) electrons. The van der Waals surface area contributed by atoms with Gasteiger partial charge in [0, 0.05) is 48.8 Å². The Morgan fingerprint density at radius 3 is 2.27 bits per heavy atom. The number of pyridine rings is 1. The van der Waals surface area contributed by atoms with Crippen molar-refractivity contribution in [2.24, 2.45) is 35.8 Å². The smallest absolute Gasteiger partial charge is 0.307 e. The molecule has 3 atom stereocenters. The lowest BCUT2D eigenvalue weighted by Gasteiger charge is -2.23. The summed E-state index contributed by atoms with van der Waals surface area (Å²) >= 11 is 0. The van der Waals surface area contributed by atoms with E-state index in [-0.39, 0.29) is 35.5 Å². The number of allylic oxidation sites excluding steroid dienone is 3. The molecule has 1 saturated carbocycles. The van der Waals surface area contributed by atoms with Crippen molar-refractivity contribution in [3.05, 3.63) is 71.8 Å². The Kier molecular flexibility index (Phi) is 11.9. The number of aliphatic carboxylic acids is 1. The zero-order valence-corrected chi connectivity index (χ0v) is 27.9. The number of carboxylic acid groups (broad SMARTS) is 1. The first-order valence-corrected chi connectivity index (χ1v) is 16.0. The first-order valence-electron chi connectivity index (χ1n) is 16.0. The number of aryl methyl sites for hydroxylation is 1.